The van der Waals surface area contributed by atoms with Gasteiger partial charge in [0.25, 0.3) is 5.91 Å². The first-order chi connectivity index (χ1) is 12.7. The van der Waals surface area contributed by atoms with Crippen LogP contribution in [0.25, 0.3) is 0 Å². The molecule has 0 aliphatic carbocycles. The molecule has 2 rings (SSSR count). The van der Waals surface area contributed by atoms with E-state index < -0.39 is 35.5 Å². The molecule has 0 aliphatic heterocycles. The van der Waals surface area contributed by atoms with Crippen molar-refractivity contribution >= 4 is 35.1 Å². The summed E-state index contributed by atoms with van der Waals surface area (Å²) in [7, 11) is 0. The maximum atomic E-state index is 13.3. The fourth-order valence-electron chi connectivity index (χ4n) is 2.36. The maximum Gasteiger partial charge on any atom is 0.405 e. The van der Waals surface area contributed by atoms with Crippen molar-refractivity contribution in [3.8, 4) is 0 Å². The fourth-order valence-corrected chi connectivity index (χ4v) is 2.64. The summed E-state index contributed by atoms with van der Waals surface area (Å²) < 4.78 is 31.2. The number of primary amides is 1. The lowest BCUT2D eigenvalue weighted by atomic mass is 9.99. The smallest absolute Gasteiger partial charge is 0.405 e. The van der Waals surface area contributed by atoms with Crippen LogP contribution in [0.2, 0.25) is 5.02 Å². The summed E-state index contributed by atoms with van der Waals surface area (Å²) in [6, 6.07) is 6.98. The minimum atomic E-state index is -1.12. The predicted octanol–water partition coefficient (Wildman–Crippen LogP) is 3.47. The molecule has 0 saturated heterocycles. The number of carbonyl (C=O) groups is 3. The SMILES string of the molecule is C[C@H](OC(N)=O)C(=O)Cc1cccc(Cl)c1C(=O)Nc1cc(F)cc(F)c1. The normalized spacial score (nSPS) is 11.6. The summed E-state index contributed by atoms with van der Waals surface area (Å²) in [6.45, 7) is 1.34. The maximum absolute atomic E-state index is 13.3. The summed E-state index contributed by atoms with van der Waals surface area (Å²) in [5.41, 5.74) is 4.98. The molecule has 1 atom stereocenters. The van der Waals surface area contributed by atoms with E-state index in [-0.39, 0.29) is 28.3 Å². The number of carbonyl (C=O) groups excluding carboxylic acids is 3. The van der Waals surface area contributed by atoms with Crippen LogP contribution in [0.5, 0.6) is 0 Å². The molecule has 0 radical (unpaired) electrons. The van der Waals surface area contributed by atoms with Crippen LogP contribution in [0, 0.1) is 11.6 Å². The monoisotopic (exact) mass is 396 g/mol. The molecule has 2 aromatic rings. The van der Waals surface area contributed by atoms with Gasteiger partial charge in [-0.1, -0.05) is 23.7 Å². The summed E-state index contributed by atoms with van der Waals surface area (Å²) in [4.78, 5) is 35.5. The third-order valence-corrected chi connectivity index (χ3v) is 3.87. The molecule has 0 fully saturated rings. The highest BCUT2D eigenvalue weighted by atomic mass is 35.5. The molecule has 27 heavy (non-hydrogen) atoms. The van der Waals surface area contributed by atoms with Crippen LogP contribution in [-0.4, -0.2) is 23.9 Å². The van der Waals surface area contributed by atoms with E-state index in [1.165, 1.54) is 25.1 Å². The number of rotatable bonds is 6. The van der Waals surface area contributed by atoms with Gasteiger partial charge in [-0.15, -0.1) is 0 Å². The third kappa shape index (κ3) is 5.49. The molecule has 0 aliphatic rings. The van der Waals surface area contributed by atoms with Gasteiger partial charge < -0.3 is 15.8 Å². The molecule has 0 spiro atoms. The first-order valence-electron chi connectivity index (χ1n) is 7.71. The van der Waals surface area contributed by atoms with E-state index in [4.69, 9.17) is 17.3 Å². The Hall–Kier alpha value is -3.00. The van der Waals surface area contributed by atoms with Crippen molar-refractivity contribution in [2.45, 2.75) is 19.4 Å². The molecule has 6 nitrogen and oxygen atoms in total. The number of nitrogens with two attached hydrogens (primary N) is 1. The number of hydrogen-bond donors (Lipinski definition) is 2. The Morgan fingerprint density at radius 1 is 1.19 bits per heavy atom. The van der Waals surface area contributed by atoms with Gasteiger partial charge in [0, 0.05) is 18.2 Å². The number of nitrogens with one attached hydrogen (secondary N) is 1. The second-order valence-corrected chi connectivity index (χ2v) is 6.02. The Kier molecular flexibility index (Phi) is 6.46. The topological polar surface area (TPSA) is 98.5 Å². The van der Waals surface area contributed by atoms with Gasteiger partial charge in [-0.25, -0.2) is 13.6 Å². The second-order valence-electron chi connectivity index (χ2n) is 5.61. The van der Waals surface area contributed by atoms with Crippen LogP contribution in [0.3, 0.4) is 0 Å². The van der Waals surface area contributed by atoms with Crippen molar-refractivity contribution < 1.29 is 27.9 Å². The van der Waals surface area contributed by atoms with Gasteiger partial charge in [0.2, 0.25) is 0 Å². The number of hydrogen-bond acceptors (Lipinski definition) is 4. The van der Waals surface area contributed by atoms with Crippen LogP contribution in [0.15, 0.2) is 36.4 Å². The summed E-state index contributed by atoms with van der Waals surface area (Å²) in [5.74, 6) is -2.99. The Labute approximate surface area is 158 Å². The van der Waals surface area contributed by atoms with E-state index in [9.17, 15) is 23.2 Å². The molecule has 9 heteroatoms. The van der Waals surface area contributed by atoms with E-state index in [1.807, 2.05) is 0 Å². The summed E-state index contributed by atoms with van der Waals surface area (Å²) >= 11 is 6.07. The first-order valence-corrected chi connectivity index (χ1v) is 8.08. The van der Waals surface area contributed by atoms with Crippen molar-refractivity contribution in [3.05, 3.63) is 64.2 Å². The lowest BCUT2D eigenvalue weighted by Gasteiger charge is -2.14. The molecule has 2 aromatic carbocycles. The van der Waals surface area contributed by atoms with Crippen molar-refractivity contribution in [1.82, 2.24) is 0 Å². The number of amides is 2. The highest BCUT2D eigenvalue weighted by molar-refractivity contribution is 6.34. The minimum Gasteiger partial charge on any atom is -0.439 e. The van der Waals surface area contributed by atoms with E-state index in [0.29, 0.717) is 6.07 Å². The molecular weight excluding hydrogens is 382 g/mol. The fraction of sp³-hybridized carbons (Fsp3) is 0.167. The van der Waals surface area contributed by atoms with Gasteiger partial charge >= 0.3 is 6.09 Å². The third-order valence-electron chi connectivity index (χ3n) is 3.56. The molecular formula is C18H15ClF2N2O4. The lowest BCUT2D eigenvalue weighted by molar-refractivity contribution is -0.125. The van der Waals surface area contributed by atoms with Crippen LogP contribution in [0.4, 0.5) is 19.3 Å². The van der Waals surface area contributed by atoms with Crippen LogP contribution in [0.1, 0.15) is 22.8 Å². The second kappa shape index (κ2) is 8.59. The largest absolute Gasteiger partial charge is 0.439 e. The molecule has 142 valence electrons. The summed E-state index contributed by atoms with van der Waals surface area (Å²) in [5, 5.41) is 2.38. The van der Waals surface area contributed by atoms with Crippen molar-refractivity contribution in [3.63, 3.8) is 0 Å². The van der Waals surface area contributed by atoms with Crippen LogP contribution < -0.4 is 11.1 Å². The van der Waals surface area contributed by atoms with Crippen LogP contribution >= 0.6 is 11.6 Å². The Morgan fingerprint density at radius 3 is 2.41 bits per heavy atom. The number of Topliss-reactive ketones (excluding diaryl/α,β-unsaturated/α-hetero) is 1. The highest BCUT2D eigenvalue weighted by Gasteiger charge is 2.22. The zero-order valence-corrected chi connectivity index (χ0v) is 14.8. The van der Waals surface area contributed by atoms with Crippen molar-refractivity contribution in [2.75, 3.05) is 5.32 Å². The number of halogens is 3. The standard InChI is InChI=1S/C18H15ClF2N2O4/c1-9(27-18(22)26)15(24)5-10-3-2-4-14(19)16(10)17(25)23-13-7-11(20)6-12(21)8-13/h2-4,6-9H,5H2,1H3,(H2,22,26)(H,23,25)/t9-/m0/s1. The summed E-state index contributed by atoms with van der Waals surface area (Å²) in [6.07, 6.45) is -2.49. The Balaban J connectivity index is 2.27. The number of benzene rings is 2. The van der Waals surface area contributed by atoms with E-state index in [1.54, 1.807) is 0 Å². The molecule has 0 unspecified atom stereocenters. The first kappa shape index (κ1) is 20.3. The van der Waals surface area contributed by atoms with E-state index in [0.717, 1.165) is 12.1 Å². The van der Waals surface area contributed by atoms with Gasteiger partial charge in [-0.05, 0) is 30.7 Å². The molecule has 0 heterocycles. The van der Waals surface area contributed by atoms with Gasteiger partial charge in [-0.2, -0.15) is 0 Å². The zero-order valence-electron chi connectivity index (χ0n) is 14.1. The number of ketones is 1. The molecule has 0 aromatic heterocycles. The lowest BCUT2D eigenvalue weighted by Crippen LogP contribution is -2.29. The number of anilines is 1. The predicted molar refractivity (Wildman–Crippen MR) is 94.6 cm³/mol. The molecule has 0 saturated carbocycles. The van der Waals surface area contributed by atoms with Gasteiger partial charge in [-0.3, -0.25) is 9.59 Å². The van der Waals surface area contributed by atoms with Crippen molar-refractivity contribution in [1.29, 1.82) is 0 Å². The molecule has 3 N–H and O–H groups in total. The zero-order chi connectivity index (χ0) is 20.1. The highest BCUT2D eigenvalue weighted by Crippen LogP contribution is 2.23. The quantitative estimate of drug-likeness (QED) is 0.781. The van der Waals surface area contributed by atoms with E-state index in [2.05, 4.69) is 10.1 Å². The Morgan fingerprint density at radius 2 is 1.81 bits per heavy atom. The van der Waals surface area contributed by atoms with Gasteiger partial charge in [0.1, 0.15) is 11.6 Å². The van der Waals surface area contributed by atoms with E-state index >= 15 is 0 Å². The van der Waals surface area contributed by atoms with Gasteiger partial charge in [0.15, 0.2) is 11.9 Å². The Bertz CT molecular complexity index is 885. The van der Waals surface area contributed by atoms with Crippen LogP contribution in [-0.2, 0) is 16.0 Å². The average molecular weight is 397 g/mol. The molecule has 0 bridgehead atoms. The minimum absolute atomic E-state index is 0.0385. The van der Waals surface area contributed by atoms with Gasteiger partial charge in [0.05, 0.1) is 10.6 Å². The molecule has 2 amide bonds. The van der Waals surface area contributed by atoms with Crippen molar-refractivity contribution in [2.24, 2.45) is 5.73 Å². The number of ether oxygens (including phenoxy) is 1. The average Bonchev–Trinajstić information content (AvgIpc) is 2.53.